The number of hydrogen-bond donors (Lipinski definition) is 1. The summed E-state index contributed by atoms with van der Waals surface area (Å²) >= 11 is 2.23. The van der Waals surface area contributed by atoms with Gasteiger partial charge in [-0.3, -0.25) is 0 Å². The van der Waals surface area contributed by atoms with Gasteiger partial charge in [-0.25, -0.2) is 0 Å². The van der Waals surface area contributed by atoms with Gasteiger partial charge in [0.2, 0.25) is 0 Å². The van der Waals surface area contributed by atoms with Gasteiger partial charge in [0, 0.05) is 17.0 Å². The van der Waals surface area contributed by atoms with Crippen LogP contribution in [-0.4, -0.2) is 23.6 Å². The first-order chi connectivity index (χ1) is 8.22. The summed E-state index contributed by atoms with van der Waals surface area (Å²) in [5.41, 5.74) is 0. The maximum Gasteiger partial charge on any atom is 0.0158 e. The molecule has 0 aliphatic heterocycles. The van der Waals surface area contributed by atoms with Crippen LogP contribution in [0.5, 0.6) is 0 Å². The molecule has 17 heavy (non-hydrogen) atoms. The molecule has 1 fully saturated rings. The highest BCUT2D eigenvalue weighted by Crippen LogP contribution is 2.30. The SMILES string of the molecule is CCCNC(CCC(C)C)CSC1CCCC1. The number of hydrogen-bond acceptors (Lipinski definition) is 2. The summed E-state index contributed by atoms with van der Waals surface area (Å²) in [6, 6.07) is 0.753. The van der Waals surface area contributed by atoms with Crippen LogP contribution in [0.1, 0.15) is 65.7 Å². The lowest BCUT2D eigenvalue weighted by molar-refractivity contribution is 0.456. The van der Waals surface area contributed by atoms with Gasteiger partial charge in [0.25, 0.3) is 0 Å². The third-order valence-electron chi connectivity index (χ3n) is 3.61. The summed E-state index contributed by atoms with van der Waals surface area (Å²) < 4.78 is 0. The molecular weight excluding hydrogens is 226 g/mol. The van der Waals surface area contributed by atoms with E-state index in [0.717, 1.165) is 17.2 Å². The highest BCUT2D eigenvalue weighted by atomic mass is 32.2. The number of rotatable bonds is 9. The van der Waals surface area contributed by atoms with Crippen molar-refractivity contribution in [2.45, 2.75) is 77.0 Å². The van der Waals surface area contributed by atoms with Crippen molar-refractivity contribution in [3.63, 3.8) is 0 Å². The third-order valence-corrected chi connectivity index (χ3v) is 5.15. The number of nitrogens with one attached hydrogen (secondary N) is 1. The van der Waals surface area contributed by atoms with Crippen molar-refractivity contribution in [3.8, 4) is 0 Å². The van der Waals surface area contributed by atoms with E-state index in [1.807, 2.05) is 0 Å². The van der Waals surface area contributed by atoms with Crippen LogP contribution < -0.4 is 5.32 Å². The number of thioether (sulfide) groups is 1. The van der Waals surface area contributed by atoms with Crippen molar-refractivity contribution in [3.05, 3.63) is 0 Å². The molecule has 1 nitrogen and oxygen atoms in total. The van der Waals surface area contributed by atoms with Crippen LogP contribution in [0.25, 0.3) is 0 Å². The van der Waals surface area contributed by atoms with Gasteiger partial charge in [0.05, 0.1) is 0 Å². The minimum absolute atomic E-state index is 0.753. The summed E-state index contributed by atoms with van der Waals surface area (Å²) in [6.07, 6.45) is 9.86. The Morgan fingerprint density at radius 2 is 1.88 bits per heavy atom. The predicted molar refractivity (Wildman–Crippen MR) is 80.9 cm³/mol. The molecule has 1 rings (SSSR count). The van der Waals surface area contributed by atoms with E-state index in [2.05, 4.69) is 37.8 Å². The molecule has 0 spiro atoms. The van der Waals surface area contributed by atoms with E-state index in [1.165, 1.54) is 57.2 Å². The normalized spacial score (nSPS) is 19.1. The average Bonchev–Trinajstić information content (AvgIpc) is 2.80. The molecule has 0 aromatic carbocycles. The van der Waals surface area contributed by atoms with Gasteiger partial charge < -0.3 is 5.32 Å². The highest BCUT2D eigenvalue weighted by Gasteiger charge is 2.17. The summed E-state index contributed by atoms with van der Waals surface area (Å²) in [6.45, 7) is 8.12. The zero-order valence-electron chi connectivity index (χ0n) is 12.0. The Bertz CT molecular complexity index is 176. The summed E-state index contributed by atoms with van der Waals surface area (Å²) in [7, 11) is 0. The minimum Gasteiger partial charge on any atom is -0.313 e. The third kappa shape index (κ3) is 7.35. The Morgan fingerprint density at radius 1 is 1.18 bits per heavy atom. The topological polar surface area (TPSA) is 12.0 Å². The van der Waals surface area contributed by atoms with E-state index in [0.29, 0.717) is 0 Å². The van der Waals surface area contributed by atoms with Gasteiger partial charge >= 0.3 is 0 Å². The monoisotopic (exact) mass is 257 g/mol. The van der Waals surface area contributed by atoms with Gasteiger partial charge in [-0.2, -0.15) is 11.8 Å². The smallest absolute Gasteiger partial charge is 0.0158 e. The van der Waals surface area contributed by atoms with Crippen molar-refractivity contribution in [1.82, 2.24) is 5.32 Å². The highest BCUT2D eigenvalue weighted by molar-refractivity contribution is 7.99. The van der Waals surface area contributed by atoms with E-state index in [-0.39, 0.29) is 0 Å². The predicted octanol–water partition coefficient (Wildman–Crippen LogP) is 4.47. The second kappa shape index (κ2) is 9.27. The molecule has 2 heteroatoms. The standard InChI is InChI=1S/C15H31NS/c1-4-11-16-14(10-9-13(2)3)12-17-15-7-5-6-8-15/h13-16H,4-12H2,1-3H3. The minimum atomic E-state index is 0.753. The molecule has 102 valence electrons. The molecule has 0 aromatic heterocycles. The molecule has 0 radical (unpaired) electrons. The van der Waals surface area contributed by atoms with Crippen molar-refractivity contribution in [2.75, 3.05) is 12.3 Å². The quantitative estimate of drug-likeness (QED) is 0.654. The first-order valence-electron chi connectivity index (χ1n) is 7.57. The van der Waals surface area contributed by atoms with E-state index < -0.39 is 0 Å². The second-order valence-corrected chi connectivity index (χ2v) is 7.20. The van der Waals surface area contributed by atoms with E-state index >= 15 is 0 Å². The van der Waals surface area contributed by atoms with E-state index in [9.17, 15) is 0 Å². The molecule has 1 unspecified atom stereocenters. The Kier molecular flexibility index (Phi) is 8.38. The first kappa shape index (κ1) is 15.4. The van der Waals surface area contributed by atoms with Crippen molar-refractivity contribution >= 4 is 11.8 Å². The molecule has 0 heterocycles. The molecule has 1 saturated carbocycles. The molecule has 1 atom stereocenters. The van der Waals surface area contributed by atoms with Crippen LogP contribution in [0.4, 0.5) is 0 Å². The molecular formula is C15H31NS. The fourth-order valence-electron chi connectivity index (χ4n) is 2.43. The maximum absolute atomic E-state index is 3.73. The average molecular weight is 257 g/mol. The van der Waals surface area contributed by atoms with Crippen molar-refractivity contribution in [1.29, 1.82) is 0 Å². The summed E-state index contributed by atoms with van der Waals surface area (Å²) in [5.74, 6) is 2.18. The molecule has 1 aliphatic carbocycles. The molecule has 1 aliphatic rings. The Hall–Kier alpha value is 0.310. The van der Waals surface area contributed by atoms with Gasteiger partial charge in [-0.15, -0.1) is 0 Å². The van der Waals surface area contributed by atoms with Crippen LogP contribution in [0.2, 0.25) is 0 Å². The zero-order chi connectivity index (χ0) is 12.5. The zero-order valence-corrected chi connectivity index (χ0v) is 12.8. The van der Waals surface area contributed by atoms with Crippen LogP contribution in [0.3, 0.4) is 0 Å². The molecule has 1 N–H and O–H groups in total. The van der Waals surface area contributed by atoms with E-state index in [1.54, 1.807) is 0 Å². The molecule has 0 amide bonds. The maximum atomic E-state index is 3.73. The van der Waals surface area contributed by atoms with Crippen LogP contribution in [-0.2, 0) is 0 Å². The lowest BCUT2D eigenvalue weighted by Gasteiger charge is -2.21. The van der Waals surface area contributed by atoms with E-state index in [4.69, 9.17) is 0 Å². The Morgan fingerprint density at radius 3 is 2.47 bits per heavy atom. The Balaban J connectivity index is 2.18. The van der Waals surface area contributed by atoms with Gasteiger partial charge in [0.1, 0.15) is 0 Å². The first-order valence-corrected chi connectivity index (χ1v) is 8.62. The molecule has 0 aromatic rings. The molecule has 0 saturated heterocycles. The lowest BCUT2D eigenvalue weighted by Crippen LogP contribution is -2.32. The van der Waals surface area contributed by atoms with Crippen LogP contribution >= 0.6 is 11.8 Å². The van der Waals surface area contributed by atoms with Gasteiger partial charge in [0.15, 0.2) is 0 Å². The second-order valence-electron chi connectivity index (χ2n) is 5.86. The fourth-order valence-corrected chi connectivity index (χ4v) is 3.89. The van der Waals surface area contributed by atoms with Gasteiger partial charge in [-0.05, 0) is 44.6 Å². The lowest BCUT2D eigenvalue weighted by atomic mass is 10.0. The summed E-state index contributed by atoms with van der Waals surface area (Å²) in [5, 5.41) is 4.70. The van der Waals surface area contributed by atoms with Crippen LogP contribution in [0.15, 0.2) is 0 Å². The Labute approximate surface area is 113 Å². The molecule has 0 bridgehead atoms. The summed E-state index contributed by atoms with van der Waals surface area (Å²) in [4.78, 5) is 0. The van der Waals surface area contributed by atoms with Crippen molar-refractivity contribution < 1.29 is 0 Å². The largest absolute Gasteiger partial charge is 0.313 e. The van der Waals surface area contributed by atoms with Crippen molar-refractivity contribution in [2.24, 2.45) is 5.92 Å². The van der Waals surface area contributed by atoms with Crippen LogP contribution in [0, 0.1) is 5.92 Å². The van der Waals surface area contributed by atoms with Gasteiger partial charge in [-0.1, -0.05) is 33.6 Å². The fraction of sp³-hybridized carbons (Fsp3) is 1.00.